The van der Waals surface area contributed by atoms with Gasteiger partial charge in [0.05, 0.1) is 12.7 Å². The van der Waals surface area contributed by atoms with E-state index in [1.165, 1.54) is 0 Å². The van der Waals surface area contributed by atoms with Crippen molar-refractivity contribution in [1.82, 2.24) is 4.90 Å². The second-order valence-corrected chi connectivity index (χ2v) is 6.06. The van der Waals surface area contributed by atoms with Gasteiger partial charge >= 0.3 is 0 Å². The summed E-state index contributed by atoms with van der Waals surface area (Å²) < 4.78 is 5.86. The second kappa shape index (κ2) is 7.13. The average molecular weight is 331 g/mol. The van der Waals surface area contributed by atoms with E-state index in [4.69, 9.17) is 22.1 Å². The number of ether oxygens (including phenoxy) is 1. The van der Waals surface area contributed by atoms with Crippen molar-refractivity contribution in [3.05, 3.63) is 70.7 Å². The first-order valence-electron chi connectivity index (χ1n) is 7.60. The highest BCUT2D eigenvalue weighted by atomic mass is 35.5. The molecule has 1 aliphatic heterocycles. The Kier molecular flexibility index (Phi) is 4.96. The predicted octanol–water partition coefficient (Wildman–Crippen LogP) is 2.94. The summed E-state index contributed by atoms with van der Waals surface area (Å²) in [5, 5.41) is 0.695. The van der Waals surface area contributed by atoms with Gasteiger partial charge in [0.1, 0.15) is 6.04 Å². The Morgan fingerprint density at radius 3 is 2.52 bits per heavy atom. The second-order valence-electron chi connectivity index (χ2n) is 5.62. The van der Waals surface area contributed by atoms with Gasteiger partial charge in [-0.15, -0.1) is 0 Å². The molecule has 0 radical (unpaired) electrons. The topological polar surface area (TPSA) is 55.6 Å². The highest BCUT2D eigenvalue weighted by Gasteiger charge is 2.31. The summed E-state index contributed by atoms with van der Waals surface area (Å²) in [5.41, 5.74) is 7.63. The minimum Gasteiger partial charge on any atom is -0.371 e. The molecule has 2 aromatic carbocycles. The number of halogens is 1. The van der Waals surface area contributed by atoms with Crippen molar-refractivity contribution in [3.63, 3.8) is 0 Å². The summed E-state index contributed by atoms with van der Waals surface area (Å²) in [6.45, 7) is 1.85. The number of nitrogens with zero attached hydrogens (tertiary/aromatic N) is 1. The fourth-order valence-corrected chi connectivity index (χ4v) is 3.10. The summed E-state index contributed by atoms with van der Waals surface area (Å²) in [6.07, 6.45) is -0.0911. The Hall–Kier alpha value is -1.88. The lowest BCUT2D eigenvalue weighted by molar-refractivity contribution is -0.127. The molecule has 1 fully saturated rings. The zero-order valence-electron chi connectivity index (χ0n) is 12.7. The van der Waals surface area contributed by atoms with E-state index in [1.807, 2.05) is 54.6 Å². The van der Waals surface area contributed by atoms with E-state index in [2.05, 4.69) is 4.90 Å². The Morgan fingerprint density at radius 2 is 1.87 bits per heavy atom. The van der Waals surface area contributed by atoms with Gasteiger partial charge < -0.3 is 10.5 Å². The molecule has 0 saturated carbocycles. The molecule has 120 valence electrons. The van der Waals surface area contributed by atoms with Crippen LogP contribution in [0.2, 0.25) is 5.02 Å². The first kappa shape index (κ1) is 16.0. The van der Waals surface area contributed by atoms with Gasteiger partial charge in [-0.1, -0.05) is 54.1 Å². The predicted molar refractivity (Wildman–Crippen MR) is 90.1 cm³/mol. The summed E-state index contributed by atoms with van der Waals surface area (Å²) in [7, 11) is 0. The number of amides is 1. The first-order valence-corrected chi connectivity index (χ1v) is 7.98. The van der Waals surface area contributed by atoms with Crippen LogP contribution in [0.3, 0.4) is 0 Å². The van der Waals surface area contributed by atoms with Gasteiger partial charge in [-0.25, -0.2) is 0 Å². The average Bonchev–Trinajstić information content (AvgIpc) is 2.57. The van der Waals surface area contributed by atoms with Crippen LogP contribution in [0.1, 0.15) is 23.3 Å². The molecule has 0 spiro atoms. The largest absolute Gasteiger partial charge is 0.371 e. The third-order valence-electron chi connectivity index (χ3n) is 4.09. The number of hydrogen-bond acceptors (Lipinski definition) is 3. The van der Waals surface area contributed by atoms with Gasteiger partial charge in [-0.05, 0) is 23.3 Å². The van der Waals surface area contributed by atoms with Crippen LogP contribution in [0.15, 0.2) is 54.6 Å². The number of carbonyl (C=O) groups excluding carboxylic acids is 1. The van der Waals surface area contributed by atoms with Gasteiger partial charge in [0, 0.05) is 18.1 Å². The van der Waals surface area contributed by atoms with E-state index in [1.54, 1.807) is 0 Å². The molecule has 0 bridgehead atoms. The molecule has 3 rings (SSSR count). The van der Waals surface area contributed by atoms with Crippen molar-refractivity contribution in [1.29, 1.82) is 0 Å². The zero-order valence-corrected chi connectivity index (χ0v) is 13.4. The lowest BCUT2D eigenvalue weighted by atomic mass is 10.0. The van der Waals surface area contributed by atoms with E-state index in [0.29, 0.717) is 24.7 Å². The normalized spacial score (nSPS) is 20.1. The van der Waals surface area contributed by atoms with Gasteiger partial charge in [0.15, 0.2) is 0 Å². The third-order valence-corrected chi connectivity index (χ3v) is 4.34. The fraction of sp³-hybridized carbons (Fsp3) is 0.278. The van der Waals surface area contributed by atoms with Crippen molar-refractivity contribution in [2.75, 3.05) is 19.7 Å². The van der Waals surface area contributed by atoms with Crippen LogP contribution >= 0.6 is 11.6 Å². The number of primary amides is 1. The number of carbonyl (C=O) groups is 1. The molecule has 0 unspecified atom stereocenters. The van der Waals surface area contributed by atoms with Crippen LogP contribution in [0.4, 0.5) is 0 Å². The van der Waals surface area contributed by atoms with Crippen molar-refractivity contribution < 1.29 is 9.53 Å². The van der Waals surface area contributed by atoms with Gasteiger partial charge in [0.2, 0.25) is 5.91 Å². The SMILES string of the molecule is NC(=O)[C@H](c1ccccc1)N1CCO[C@H](c2ccc(Cl)cc2)C1. The maximum absolute atomic E-state index is 12.0. The summed E-state index contributed by atoms with van der Waals surface area (Å²) in [5.74, 6) is -0.340. The maximum atomic E-state index is 12.0. The van der Waals surface area contributed by atoms with Crippen LogP contribution < -0.4 is 5.73 Å². The Bertz CT molecular complexity index is 660. The highest BCUT2D eigenvalue weighted by Crippen LogP contribution is 2.29. The standard InChI is InChI=1S/C18H19ClN2O2/c19-15-8-6-13(7-9-15)16-12-21(10-11-23-16)17(18(20)22)14-4-2-1-3-5-14/h1-9,16-17H,10-12H2,(H2,20,22)/t16-,17-/m0/s1. The number of hydrogen-bond donors (Lipinski definition) is 1. The number of nitrogens with two attached hydrogens (primary N) is 1. The van der Waals surface area contributed by atoms with Gasteiger partial charge in [-0.3, -0.25) is 9.69 Å². The number of morpholine rings is 1. The number of rotatable bonds is 4. The molecule has 2 N–H and O–H groups in total. The molecule has 0 aromatic heterocycles. The number of benzene rings is 2. The molecule has 23 heavy (non-hydrogen) atoms. The van der Waals surface area contributed by atoms with E-state index in [-0.39, 0.29) is 12.0 Å². The summed E-state index contributed by atoms with van der Waals surface area (Å²) >= 11 is 5.94. The van der Waals surface area contributed by atoms with Crippen LogP contribution in [0, 0.1) is 0 Å². The molecule has 1 amide bonds. The molecule has 2 aromatic rings. The minimum absolute atomic E-state index is 0.0911. The lowest BCUT2D eigenvalue weighted by Crippen LogP contribution is -2.45. The quantitative estimate of drug-likeness (QED) is 0.937. The van der Waals surface area contributed by atoms with E-state index in [9.17, 15) is 4.79 Å². The monoisotopic (exact) mass is 330 g/mol. The first-order chi connectivity index (χ1) is 11.1. The van der Waals surface area contributed by atoms with Gasteiger partial charge in [-0.2, -0.15) is 0 Å². The lowest BCUT2D eigenvalue weighted by Gasteiger charge is -2.37. The van der Waals surface area contributed by atoms with Crippen LogP contribution in [-0.4, -0.2) is 30.5 Å². The fourth-order valence-electron chi connectivity index (χ4n) is 2.97. The Morgan fingerprint density at radius 1 is 1.17 bits per heavy atom. The Labute approximate surface area is 140 Å². The zero-order chi connectivity index (χ0) is 16.2. The minimum atomic E-state index is -0.435. The molecular weight excluding hydrogens is 312 g/mol. The molecule has 1 saturated heterocycles. The van der Waals surface area contributed by atoms with Crippen LogP contribution in [0.5, 0.6) is 0 Å². The van der Waals surface area contributed by atoms with Crippen molar-refractivity contribution in [2.45, 2.75) is 12.1 Å². The summed E-state index contributed by atoms with van der Waals surface area (Å²) in [4.78, 5) is 14.1. The molecule has 4 nitrogen and oxygen atoms in total. The van der Waals surface area contributed by atoms with Crippen molar-refractivity contribution in [3.8, 4) is 0 Å². The maximum Gasteiger partial charge on any atom is 0.239 e. The van der Waals surface area contributed by atoms with E-state index < -0.39 is 6.04 Å². The molecule has 2 atom stereocenters. The molecule has 1 heterocycles. The Balaban J connectivity index is 1.81. The van der Waals surface area contributed by atoms with Crippen molar-refractivity contribution in [2.24, 2.45) is 5.73 Å². The third kappa shape index (κ3) is 3.72. The molecule has 1 aliphatic rings. The highest BCUT2D eigenvalue weighted by molar-refractivity contribution is 6.30. The molecular formula is C18H19ClN2O2. The smallest absolute Gasteiger partial charge is 0.239 e. The summed E-state index contributed by atoms with van der Waals surface area (Å²) in [6, 6.07) is 16.8. The van der Waals surface area contributed by atoms with E-state index in [0.717, 1.165) is 11.1 Å². The van der Waals surface area contributed by atoms with Crippen LogP contribution in [0.25, 0.3) is 0 Å². The van der Waals surface area contributed by atoms with Crippen LogP contribution in [-0.2, 0) is 9.53 Å². The van der Waals surface area contributed by atoms with Crippen molar-refractivity contribution >= 4 is 17.5 Å². The van der Waals surface area contributed by atoms with E-state index >= 15 is 0 Å². The molecule has 5 heteroatoms. The molecule has 0 aliphatic carbocycles. The van der Waals surface area contributed by atoms with Gasteiger partial charge in [0.25, 0.3) is 0 Å².